The van der Waals surface area contributed by atoms with E-state index in [2.05, 4.69) is 22.3 Å². The van der Waals surface area contributed by atoms with Crippen molar-refractivity contribution >= 4 is 15.9 Å². The average molecular weight is 409 g/mol. The summed E-state index contributed by atoms with van der Waals surface area (Å²) in [5, 5.41) is 4.08. The molecule has 2 N–H and O–H groups in total. The van der Waals surface area contributed by atoms with E-state index in [4.69, 9.17) is 4.74 Å². The van der Waals surface area contributed by atoms with Crippen molar-refractivity contribution in [2.24, 2.45) is 7.05 Å². The summed E-state index contributed by atoms with van der Waals surface area (Å²) in [6.07, 6.45) is 4.49. The zero-order chi connectivity index (χ0) is 20.7. The van der Waals surface area contributed by atoms with E-state index in [0.29, 0.717) is 29.3 Å². The summed E-state index contributed by atoms with van der Waals surface area (Å²) in [6.45, 7) is 6.04. The smallest absolute Gasteiger partial charge is 0.266 e. The number of rotatable bonds is 10. The molecule has 1 amide bonds. The minimum absolute atomic E-state index is 0.0575. The number of amides is 1. The lowest BCUT2D eigenvalue weighted by atomic mass is 10.2. The molecule has 8 nitrogen and oxygen atoms in total. The molecule has 0 radical (unpaired) electrons. The monoisotopic (exact) mass is 408 g/mol. The molecular weight excluding hydrogens is 380 g/mol. The van der Waals surface area contributed by atoms with Crippen LogP contribution in [0.2, 0.25) is 0 Å². The summed E-state index contributed by atoms with van der Waals surface area (Å²) in [4.78, 5) is 14.4. The van der Waals surface area contributed by atoms with Crippen LogP contribution in [0.1, 0.15) is 54.4 Å². The molecule has 0 spiro atoms. The van der Waals surface area contributed by atoms with Gasteiger partial charge >= 0.3 is 0 Å². The van der Waals surface area contributed by atoms with Crippen molar-refractivity contribution in [1.29, 1.82) is 0 Å². The van der Waals surface area contributed by atoms with Gasteiger partial charge in [0.25, 0.3) is 15.9 Å². The summed E-state index contributed by atoms with van der Waals surface area (Å²) >= 11 is 0. The Morgan fingerprint density at radius 2 is 1.82 bits per heavy atom. The molecule has 2 aromatic rings. The van der Waals surface area contributed by atoms with Crippen LogP contribution in [-0.4, -0.2) is 30.7 Å². The standard InChI is InChI=1S/C19H28N4O4S/c1-5-6-7-8-13-27-17-11-9-16(10-12-17)19(24)20-22-28(25,26)18-14(2)21-23(4)15(18)3/h9-12,22H,5-8,13H2,1-4H3,(H,20,24). The number of unbranched alkanes of at least 4 members (excludes halogenated alkanes) is 3. The van der Waals surface area contributed by atoms with E-state index in [0.717, 1.165) is 12.8 Å². The van der Waals surface area contributed by atoms with E-state index in [1.165, 1.54) is 17.5 Å². The summed E-state index contributed by atoms with van der Waals surface area (Å²) in [5.41, 5.74) is 3.40. The van der Waals surface area contributed by atoms with Gasteiger partial charge in [0.05, 0.1) is 18.0 Å². The Hall–Kier alpha value is -2.39. The van der Waals surface area contributed by atoms with E-state index in [-0.39, 0.29) is 4.90 Å². The van der Waals surface area contributed by atoms with Gasteiger partial charge < -0.3 is 4.74 Å². The number of hydrogen-bond donors (Lipinski definition) is 2. The molecule has 154 valence electrons. The highest BCUT2D eigenvalue weighted by Gasteiger charge is 2.24. The first-order valence-electron chi connectivity index (χ1n) is 9.31. The first-order chi connectivity index (χ1) is 13.3. The molecule has 1 aromatic heterocycles. The lowest BCUT2D eigenvalue weighted by molar-refractivity contribution is 0.0945. The van der Waals surface area contributed by atoms with Crippen molar-refractivity contribution in [3.8, 4) is 5.75 Å². The quantitative estimate of drug-likeness (QED) is 0.465. The van der Waals surface area contributed by atoms with Gasteiger partial charge in [0.2, 0.25) is 0 Å². The third kappa shape index (κ3) is 5.56. The minimum atomic E-state index is -3.92. The van der Waals surface area contributed by atoms with Gasteiger partial charge in [-0.3, -0.25) is 14.9 Å². The molecule has 28 heavy (non-hydrogen) atoms. The minimum Gasteiger partial charge on any atom is -0.494 e. The van der Waals surface area contributed by atoms with Gasteiger partial charge in [0.15, 0.2) is 0 Å². The molecule has 9 heteroatoms. The van der Waals surface area contributed by atoms with Crippen LogP contribution < -0.4 is 15.0 Å². The Morgan fingerprint density at radius 1 is 1.14 bits per heavy atom. The van der Waals surface area contributed by atoms with Gasteiger partial charge in [0.1, 0.15) is 10.6 Å². The summed E-state index contributed by atoms with van der Waals surface area (Å²) in [5.74, 6) is 0.118. The van der Waals surface area contributed by atoms with E-state index < -0.39 is 15.9 Å². The molecule has 0 bridgehead atoms. The topological polar surface area (TPSA) is 102 Å². The zero-order valence-corrected chi connectivity index (χ0v) is 17.6. The number of hydrogen-bond acceptors (Lipinski definition) is 5. The highest BCUT2D eigenvalue weighted by atomic mass is 32.2. The van der Waals surface area contributed by atoms with E-state index in [1.54, 1.807) is 45.2 Å². The fourth-order valence-electron chi connectivity index (χ4n) is 2.80. The molecule has 0 unspecified atom stereocenters. The van der Waals surface area contributed by atoms with Gasteiger partial charge in [0, 0.05) is 12.6 Å². The summed E-state index contributed by atoms with van der Waals surface area (Å²) < 4.78 is 32.1. The van der Waals surface area contributed by atoms with Crippen LogP contribution in [0.15, 0.2) is 29.2 Å². The Balaban J connectivity index is 1.92. The lowest BCUT2D eigenvalue weighted by Crippen LogP contribution is -2.41. The molecule has 0 saturated heterocycles. The number of sulfonamides is 1. The number of nitrogens with one attached hydrogen (secondary N) is 2. The third-order valence-electron chi connectivity index (χ3n) is 4.39. The van der Waals surface area contributed by atoms with E-state index in [9.17, 15) is 13.2 Å². The first-order valence-corrected chi connectivity index (χ1v) is 10.8. The number of benzene rings is 1. The molecule has 0 fully saturated rings. The third-order valence-corrected chi connectivity index (χ3v) is 5.89. The predicted molar refractivity (Wildman–Crippen MR) is 107 cm³/mol. The molecule has 0 aliphatic carbocycles. The molecule has 0 atom stereocenters. The van der Waals surface area contributed by atoms with Crippen LogP contribution in [0.4, 0.5) is 0 Å². The average Bonchev–Trinajstić information content (AvgIpc) is 2.92. The highest BCUT2D eigenvalue weighted by Crippen LogP contribution is 2.18. The molecule has 1 heterocycles. The maximum Gasteiger partial charge on any atom is 0.266 e. The van der Waals surface area contributed by atoms with Crippen LogP contribution in [0.5, 0.6) is 5.75 Å². The summed E-state index contributed by atoms with van der Waals surface area (Å²) in [7, 11) is -2.26. The first kappa shape index (κ1) is 21.9. The van der Waals surface area contributed by atoms with Crippen molar-refractivity contribution in [2.45, 2.75) is 51.3 Å². The van der Waals surface area contributed by atoms with Crippen LogP contribution in [-0.2, 0) is 17.1 Å². The maximum absolute atomic E-state index is 12.5. The second-order valence-corrected chi connectivity index (χ2v) is 8.24. The number of hydrazine groups is 1. The fourth-order valence-corrected chi connectivity index (χ4v) is 4.08. The van der Waals surface area contributed by atoms with E-state index >= 15 is 0 Å². The number of aromatic nitrogens is 2. The zero-order valence-electron chi connectivity index (χ0n) is 16.8. The normalized spacial score (nSPS) is 11.4. The van der Waals surface area contributed by atoms with Crippen LogP contribution in [0.3, 0.4) is 0 Å². The second-order valence-electron chi connectivity index (χ2n) is 6.62. The number of aryl methyl sites for hydroxylation is 2. The van der Waals surface area contributed by atoms with Crippen molar-refractivity contribution in [1.82, 2.24) is 20.0 Å². The number of nitrogens with zero attached hydrogens (tertiary/aromatic N) is 2. The van der Waals surface area contributed by atoms with Crippen molar-refractivity contribution < 1.29 is 17.9 Å². The Kier molecular flexibility index (Phi) is 7.59. The number of carbonyl (C=O) groups excluding carboxylic acids is 1. The number of ether oxygens (including phenoxy) is 1. The van der Waals surface area contributed by atoms with Crippen LogP contribution in [0, 0.1) is 13.8 Å². The van der Waals surface area contributed by atoms with Crippen molar-refractivity contribution in [2.75, 3.05) is 6.61 Å². The van der Waals surface area contributed by atoms with Gasteiger partial charge in [-0.05, 0) is 44.5 Å². The SMILES string of the molecule is CCCCCCOc1ccc(C(=O)NNS(=O)(=O)c2c(C)nn(C)c2C)cc1. The molecule has 2 rings (SSSR count). The second kappa shape index (κ2) is 9.70. The molecular formula is C19H28N4O4S. The van der Waals surface area contributed by atoms with Crippen molar-refractivity contribution in [3.63, 3.8) is 0 Å². The van der Waals surface area contributed by atoms with Crippen molar-refractivity contribution in [3.05, 3.63) is 41.2 Å². The maximum atomic E-state index is 12.5. The predicted octanol–water partition coefficient (Wildman–Crippen LogP) is 2.62. The molecule has 1 aromatic carbocycles. The molecule has 0 saturated carbocycles. The Labute approximate surface area is 166 Å². The van der Waals surface area contributed by atoms with Gasteiger partial charge in [-0.25, -0.2) is 8.42 Å². The lowest BCUT2D eigenvalue weighted by Gasteiger charge is -2.10. The highest BCUT2D eigenvalue weighted by molar-refractivity contribution is 7.89. The fraction of sp³-hybridized carbons (Fsp3) is 0.474. The molecule has 0 aliphatic rings. The van der Waals surface area contributed by atoms with Crippen LogP contribution >= 0.6 is 0 Å². The van der Waals surface area contributed by atoms with Gasteiger partial charge in [-0.2, -0.15) is 5.10 Å². The van der Waals surface area contributed by atoms with E-state index in [1.807, 2.05) is 0 Å². The largest absolute Gasteiger partial charge is 0.494 e. The summed E-state index contributed by atoms with van der Waals surface area (Å²) in [6, 6.07) is 6.56. The van der Waals surface area contributed by atoms with Crippen LogP contribution in [0.25, 0.3) is 0 Å². The Morgan fingerprint density at radius 3 is 2.39 bits per heavy atom. The number of carbonyl (C=O) groups is 1. The van der Waals surface area contributed by atoms with Gasteiger partial charge in [-0.15, -0.1) is 4.83 Å². The Bertz CT molecular complexity index is 905. The van der Waals surface area contributed by atoms with Gasteiger partial charge in [-0.1, -0.05) is 26.2 Å². The molecule has 0 aliphatic heterocycles.